The zero-order valence-electron chi connectivity index (χ0n) is 9.32. The maximum absolute atomic E-state index is 6.34. The molecule has 1 aromatic heterocycles. The van der Waals surface area contributed by atoms with Gasteiger partial charge in [-0.25, -0.2) is 0 Å². The molecule has 0 amide bonds. The Morgan fingerprint density at radius 2 is 2.47 bits per heavy atom. The van der Waals surface area contributed by atoms with Gasteiger partial charge in [0.05, 0.1) is 0 Å². The van der Waals surface area contributed by atoms with Crippen molar-refractivity contribution in [3.8, 4) is 0 Å². The van der Waals surface area contributed by atoms with Crippen molar-refractivity contribution in [2.75, 3.05) is 20.1 Å². The van der Waals surface area contributed by atoms with Gasteiger partial charge in [-0.05, 0) is 44.5 Å². The van der Waals surface area contributed by atoms with Crippen molar-refractivity contribution in [3.05, 3.63) is 30.1 Å². The lowest BCUT2D eigenvalue weighted by Crippen LogP contribution is -2.42. The molecule has 1 aromatic rings. The van der Waals surface area contributed by atoms with Crippen LogP contribution in [0.1, 0.15) is 18.4 Å². The lowest BCUT2D eigenvalue weighted by Gasteiger charge is -2.23. The van der Waals surface area contributed by atoms with Gasteiger partial charge in [0.25, 0.3) is 0 Å². The quantitative estimate of drug-likeness (QED) is 0.802. The fourth-order valence-corrected chi connectivity index (χ4v) is 2.25. The highest BCUT2D eigenvalue weighted by atomic mass is 15.2. The molecule has 2 N–H and O–H groups in total. The monoisotopic (exact) mass is 205 g/mol. The second-order valence-electron chi connectivity index (χ2n) is 4.71. The molecule has 1 atom stereocenters. The summed E-state index contributed by atoms with van der Waals surface area (Å²) in [6.45, 7) is 2.15. The summed E-state index contributed by atoms with van der Waals surface area (Å²) < 4.78 is 0. The zero-order valence-corrected chi connectivity index (χ0v) is 9.32. The van der Waals surface area contributed by atoms with E-state index in [0.717, 1.165) is 32.4 Å². The molecule has 82 valence electrons. The molecule has 1 fully saturated rings. The third-order valence-corrected chi connectivity index (χ3v) is 3.21. The lowest BCUT2D eigenvalue weighted by molar-refractivity contribution is 0.354. The minimum atomic E-state index is 0.0184. The van der Waals surface area contributed by atoms with E-state index in [2.05, 4.69) is 23.0 Å². The predicted molar refractivity (Wildman–Crippen MR) is 61.6 cm³/mol. The summed E-state index contributed by atoms with van der Waals surface area (Å²) in [5.74, 6) is 0. The first kappa shape index (κ1) is 10.6. The topological polar surface area (TPSA) is 42.1 Å². The van der Waals surface area contributed by atoms with Crippen molar-refractivity contribution in [1.82, 2.24) is 9.88 Å². The standard InChI is InChI=1S/C12H19N3/c1-15-8-6-12(13,10-15)5-4-11-3-2-7-14-9-11/h2-3,7,9H,4-6,8,10,13H2,1H3. The highest BCUT2D eigenvalue weighted by Gasteiger charge is 2.31. The summed E-state index contributed by atoms with van der Waals surface area (Å²) in [6, 6.07) is 4.11. The van der Waals surface area contributed by atoms with E-state index in [1.54, 1.807) is 0 Å². The first-order valence-corrected chi connectivity index (χ1v) is 5.54. The maximum atomic E-state index is 6.34. The Labute approximate surface area is 91.3 Å². The van der Waals surface area contributed by atoms with Crippen LogP contribution >= 0.6 is 0 Å². The summed E-state index contributed by atoms with van der Waals surface area (Å²) in [7, 11) is 2.14. The van der Waals surface area contributed by atoms with Gasteiger partial charge in [-0.1, -0.05) is 6.07 Å². The van der Waals surface area contributed by atoms with E-state index in [1.807, 2.05) is 18.5 Å². The average Bonchev–Trinajstić information content (AvgIpc) is 2.58. The molecule has 3 heteroatoms. The molecule has 0 spiro atoms. The molecule has 1 aliphatic rings. The fraction of sp³-hybridized carbons (Fsp3) is 0.583. The van der Waals surface area contributed by atoms with E-state index in [9.17, 15) is 0 Å². The Morgan fingerprint density at radius 3 is 3.07 bits per heavy atom. The van der Waals surface area contributed by atoms with Crippen LogP contribution in [0, 0.1) is 0 Å². The van der Waals surface area contributed by atoms with Gasteiger partial charge in [0.1, 0.15) is 0 Å². The number of nitrogens with two attached hydrogens (primary N) is 1. The molecule has 1 unspecified atom stereocenters. The van der Waals surface area contributed by atoms with Crippen LogP contribution in [0.3, 0.4) is 0 Å². The molecule has 2 heterocycles. The zero-order chi connectivity index (χ0) is 10.7. The van der Waals surface area contributed by atoms with Crippen molar-refractivity contribution in [3.63, 3.8) is 0 Å². The highest BCUT2D eigenvalue weighted by molar-refractivity contribution is 5.10. The second kappa shape index (κ2) is 4.29. The van der Waals surface area contributed by atoms with Gasteiger partial charge in [-0.15, -0.1) is 0 Å². The van der Waals surface area contributed by atoms with Gasteiger partial charge in [0, 0.05) is 24.5 Å². The normalized spacial score (nSPS) is 27.1. The van der Waals surface area contributed by atoms with E-state index in [0.29, 0.717) is 0 Å². The number of likely N-dealkylation sites (N-methyl/N-ethyl adjacent to an activating group) is 1. The van der Waals surface area contributed by atoms with E-state index in [-0.39, 0.29) is 5.54 Å². The van der Waals surface area contributed by atoms with Crippen molar-refractivity contribution in [1.29, 1.82) is 0 Å². The van der Waals surface area contributed by atoms with Crippen LogP contribution < -0.4 is 5.73 Å². The van der Waals surface area contributed by atoms with Gasteiger partial charge >= 0.3 is 0 Å². The minimum Gasteiger partial charge on any atom is -0.324 e. The molecule has 0 bridgehead atoms. The second-order valence-corrected chi connectivity index (χ2v) is 4.71. The van der Waals surface area contributed by atoms with Crippen LogP contribution in [-0.2, 0) is 6.42 Å². The highest BCUT2D eigenvalue weighted by Crippen LogP contribution is 2.22. The Bertz CT molecular complexity index is 312. The third kappa shape index (κ3) is 2.76. The van der Waals surface area contributed by atoms with Crippen molar-refractivity contribution in [2.45, 2.75) is 24.8 Å². The summed E-state index contributed by atoms with van der Waals surface area (Å²) in [4.78, 5) is 6.43. The van der Waals surface area contributed by atoms with Crippen LogP contribution in [-0.4, -0.2) is 35.6 Å². The Hall–Kier alpha value is -0.930. The number of rotatable bonds is 3. The molecule has 0 radical (unpaired) electrons. The smallest absolute Gasteiger partial charge is 0.0299 e. The molecular formula is C12H19N3. The molecule has 1 saturated heterocycles. The first-order chi connectivity index (χ1) is 7.18. The number of aryl methyl sites for hydroxylation is 1. The lowest BCUT2D eigenvalue weighted by atomic mass is 9.92. The maximum Gasteiger partial charge on any atom is 0.0299 e. The fourth-order valence-electron chi connectivity index (χ4n) is 2.25. The molecule has 0 aliphatic carbocycles. The number of pyridine rings is 1. The number of nitrogens with zero attached hydrogens (tertiary/aromatic N) is 2. The summed E-state index contributed by atoms with van der Waals surface area (Å²) >= 11 is 0. The number of likely N-dealkylation sites (tertiary alicyclic amines) is 1. The molecule has 0 saturated carbocycles. The van der Waals surface area contributed by atoms with Crippen molar-refractivity contribution in [2.24, 2.45) is 5.73 Å². The number of aromatic nitrogens is 1. The largest absolute Gasteiger partial charge is 0.324 e. The van der Waals surface area contributed by atoms with Crippen LogP contribution in [0.4, 0.5) is 0 Å². The third-order valence-electron chi connectivity index (χ3n) is 3.21. The molecule has 0 aromatic carbocycles. The molecule has 3 nitrogen and oxygen atoms in total. The molecule has 1 aliphatic heterocycles. The van der Waals surface area contributed by atoms with Gasteiger partial charge in [0.2, 0.25) is 0 Å². The van der Waals surface area contributed by atoms with E-state index in [1.165, 1.54) is 5.56 Å². The van der Waals surface area contributed by atoms with Gasteiger partial charge in [-0.3, -0.25) is 4.98 Å². The number of hydrogen-bond acceptors (Lipinski definition) is 3. The summed E-state index contributed by atoms with van der Waals surface area (Å²) in [5, 5.41) is 0. The van der Waals surface area contributed by atoms with Crippen LogP contribution in [0.5, 0.6) is 0 Å². The first-order valence-electron chi connectivity index (χ1n) is 5.54. The van der Waals surface area contributed by atoms with E-state index < -0.39 is 0 Å². The molecular weight excluding hydrogens is 186 g/mol. The molecule has 2 rings (SSSR count). The number of hydrogen-bond donors (Lipinski definition) is 1. The van der Waals surface area contributed by atoms with Crippen molar-refractivity contribution >= 4 is 0 Å². The summed E-state index contributed by atoms with van der Waals surface area (Å²) in [6.07, 6.45) is 6.96. The van der Waals surface area contributed by atoms with Crippen LogP contribution in [0.2, 0.25) is 0 Å². The van der Waals surface area contributed by atoms with Crippen molar-refractivity contribution < 1.29 is 0 Å². The van der Waals surface area contributed by atoms with Gasteiger partial charge in [0.15, 0.2) is 0 Å². The van der Waals surface area contributed by atoms with Gasteiger partial charge < -0.3 is 10.6 Å². The average molecular weight is 205 g/mol. The van der Waals surface area contributed by atoms with Crippen LogP contribution in [0.15, 0.2) is 24.5 Å². The van der Waals surface area contributed by atoms with Crippen LogP contribution in [0.25, 0.3) is 0 Å². The Balaban J connectivity index is 1.88. The van der Waals surface area contributed by atoms with E-state index in [4.69, 9.17) is 5.73 Å². The Kier molecular flexibility index (Phi) is 3.03. The molecule has 15 heavy (non-hydrogen) atoms. The predicted octanol–water partition coefficient (Wildman–Crippen LogP) is 1.05. The summed E-state index contributed by atoms with van der Waals surface area (Å²) in [5.41, 5.74) is 7.64. The SMILES string of the molecule is CN1CCC(N)(CCc2cccnc2)C1. The minimum absolute atomic E-state index is 0.0184. The van der Waals surface area contributed by atoms with E-state index >= 15 is 0 Å². The van der Waals surface area contributed by atoms with Gasteiger partial charge in [-0.2, -0.15) is 0 Å². The Morgan fingerprint density at radius 1 is 1.60 bits per heavy atom.